The molecule has 1 unspecified atom stereocenters. The summed E-state index contributed by atoms with van der Waals surface area (Å²) in [5.74, 6) is -0.216. The highest BCUT2D eigenvalue weighted by Crippen LogP contribution is 2.05. The van der Waals surface area contributed by atoms with E-state index in [1.165, 1.54) is 11.3 Å². The normalized spacial score (nSPS) is 13.5. The maximum Gasteiger partial charge on any atom is 0.252 e. The van der Waals surface area contributed by atoms with Crippen molar-refractivity contribution in [1.29, 1.82) is 0 Å². The van der Waals surface area contributed by atoms with Gasteiger partial charge >= 0.3 is 0 Å². The molecular weight excluding hydrogens is 214 g/mol. The fourth-order valence-corrected chi connectivity index (χ4v) is 1.58. The van der Waals surface area contributed by atoms with Gasteiger partial charge in [-0.1, -0.05) is 12.1 Å². The fourth-order valence-electron chi connectivity index (χ4n) is 0.945. The summed E-state index contributed by atoms with van der Waals surface area (Å²) in [6, 6.07) is 1.74. The quantitative estimate of drug-likeness (QED) is 0.308. The largest absolute Gasteiger partial charge is 0.409 e. The molecule has 0 saturated carbocycles. The summed E-state index contributed by atoms with van der Waals surface area (Å²) >= 11 is 1.46. The first kappa shape index (κ1) is 11.5. The fraction of sp³-hybridized carbons (Fsp3) is 0.333. The average Bonchev–Trinajstić information content (AvgIpc) is 2.77. The standard InChI is InChI=1S/C9H13N3O2S/c1-6(8(10)12-14)4-11-9(13)7-2-3-15-5-7/h2-3,5-6,14H,4H2,1H3,(H2,10,12)(H,11,13). The summed E-state index contributed by atoms with van der Waals surface area (Å²) in [4.78, 5) is 11.5. The topological polar surface area (TPSA) is 87.7 Å². The minimum Gasteiger partial charge on any atom is -0.409 e. The smallest absolute Gasteiger partial charge is 0.252 e. The molecular formula is C9H13N3O2S. The van der Waals surface area contributed by atoms with Gasteiger partial charge in [-0.05, 0) is 11.4 Å². The highest BCUT2D eigenvalue weighted by atomic mass is 32.1. The molecule has 4 N–H and O–H groups in total. The lowest BCUT2D eigenvalue weighted by molar-refractivity contribution is 0.0951. The van der Waals surface area contributed by atoms with E-state index in [0.29, 0.717) is 12.1 Å². The zero-order chi connectivity index (χ0) is 11.3. The highest BCUT2D eigenvalue weighted by Gasteiger charge is 2.10. The summed E-state index contributed by atoms with van der Waals surface area (Å²) in [7, 11) is 0. The third-order valence-corrected chi connectivity index (χ3v) is 2.66. The second-order valence-electron chi connectivity index (χ2n) is 3.15. The van der Waals surface area contributed by atoms with Crippen LogP contribution in [0.25, 0.3) is 0 Å². The maximum atomic E-state index is 11.5. The summed E-state index contributed by atoms with van der Waals surface area (Å²) < 4.78 is 0. The number of nitrogens with one attached hydrogen (secondary N) is 1. The van der Waals surface area contributed by atoms with E-state index < -0.39 is 0 Å². The van der Waals surface area contributed by atoms with Gasteiger partial charge in [0, 0.05) is 23.4 Å². The number of nitrogens with two attached hydrogens (primary N) is 1. The number of nitrogens with zero attached hydrogens (tertiary/aromatic N) is 1. The van der Waals surface area contributed by atoms with E-state index in [1.807, 2.05) is 5.38 Å². The lowest BCUT2D eigenvalue weighted by atomic mass is 10.1. The van der Waals surface area contributed by atoms with Crippen LogP contribution < -0.4 is 11.1 Å². The average molecular weight is 227 g/mol. The Morgan fingerprint density at radius 2 is 2.53 bits per heavy atom. The Labute approximate surface area is 91.6 Å². The van der Waals surface area contributed by atoms with Crippen LogP contribution in [0.1, 0.15) is 17.3 Å². The highest BCUT2D eigenvalue weighted by molar-refractivity contribution is 7.08. The number of oxime groups is 1. The molecule has 1 rings (SSSR count). The van der Waals surface area contributed by atoms with Gasteiger partial charge in [0.1, 0.15) is 5.84 Å². The van der Waals surface area contributed by atoms with Crippen LogP contribution in [0.15, 0.2) is 22.0 Å². The number of hydrogen-bond donors (Lipinski definition) is 3. The number of hydrogen-bond acceptors (Lipinski definition) is 4. The molecule has 0 aliphatic rings. The van der Waals surface area contributed by atoms with Gasteiger partial charge in [-0.25, -0.2) is 0 Å². The van der Waals surface area contributed by atoms with Crippen molar-refractivity contribution in [3.05, 3.63) is 22.4 Å². The van der Waals surface area contributed by atoms with Crippen LogP contribution in [0.3, 0.4) is 0 Å². The molecule has 0 aliphatic heterocycles. The molecule has 0 spiro atoms. The van der Waals surface area contributed by atoms with Gasteiger partial charge in [0.2, 0.25) is 0 Å². The van der Waals surface area contributed by atoms with Gasteiger partial charge < -0.3 is 16.3 Å². The first-order chi connectivity index (χ1) is 7.15. The Morgan fingerprint density at radius 3 is 3.07 bits per heavy atom. The molecule has 1 heterocycles. The molecule has 0 radical (unpaired) electrons. The van der Waals surface area contributed by atoms with Crippen LogP contribution in [0.2, 0.25) is 0 Å². The molecule has 82 valence electrons. The molecule has 0 saturated heterocycles. The third kappa shape index (κ3) is 3.25. The third-order valence-electron chi connectivity index (χ3n) is 1.97. The molecule has 1 amide bonds. The summed E-state index contributed by atoms with van der Waals surface area (Å²) in [6.45, 7) is 2.12. The lowest BCUT2D eigenvalue weighted by Crippen LogP contribution is -2.34. The summed E-state index contributed by atoms with van der Waals surface area (Å²) in [5.41, 5.74) is 6.00. The Hall–Kier alpha value is -1.56. The van der Waals surface area contributed by atoms with Crippen LogP contribution in [-0.2, 0) is 0 Å². The molecule has 0 bridgehead atoms. The van der Waals surface area contributed by atoms with Crippen LogP contribution in [0.4, 0.5) is 0 Å². The van der Waals surface area contributed by atoms with E-state index in [2.05, 4.69) is 10.5 Å². The predicted molar refractivity (Wildman–Crippen MR) is 59.2 cm³/mol. The van der Waals surface area contributed by atoms with E-state index in [1.54, 1.807) is 18.4 Å². The molecule has 6 heteroatoms. The second kappa shape index (κ2) is 5.35. The van der Waals surface area contributed by atoms with E-state index in [0.717, 1.165) is 0 Å². The van der Waals surface area contributed by atoms with Crippen LogP contribution in [-0.4, -0.2) is 23.5 Å². The number of amides is 1. The molecule has 1 aromatic rings. The van der Waals surface area contributed by atoms with Crippen molar-refractivity contribution in [3.63, 3.8) is 0 Å². The number of amidine groups is 1. The van der Waals surface area contributed by atoms with E-state index in [9.17, 15) is 4.79 Å². The van der Waals surface area contributed by atoms with Crippen molar-refractivity contribution < 1.29 is 10.0 Å². The van der Waals surface area contributed by atoms with Crippen molar-refractivity contribution in [2.75, 3.05) is 6.54 Å². The number of carbonyl (C=O) groups excluding carboxylic acids is 1. The van der Waals surface area contributed by atoms with E-state index in [4.69, 9.17) is 10.9 Å². The van der Waals surface area contributed by atoms with Crippen molar-refractivity contribution >= 4 is 23.1 Å². The van der Waals surface area contributed by atoms with E-state index in [-0.39, 0.29) is 17.7 Å². The van der Waals surface area contributed by atoms with Gasteiger partial charge in [0.05, 0.1) is 0 Å². The number of carbonyl (C=O) groups is 1. The van der Waals surface area contributed by atoms with E-state index >= 15 is 0 Å². The monoisotopic (exact) mass is 227 g/mol. The molecule has 15 heavy (non-hydrogen) atoms. The second-order valence-corrected chi connectivity index (χ2v) is 3.93. The summed E-state index contributed by atoms with van der Waals surface area (Å²) in [5, 5.41) is 17.6. The SMILES string of the molecule is CC(CNC(=O)c1ccsc1)C(N)=NO. The predicted octanol–water partition coefficient (Wildman–Crippen LogP) is 0.860. The van der Waals surface area contributed by atoms with Gasteiger partial charge in [-0.15, -0.1) is 0 Å². The minimum absolute atomic E-state index is 0.112. The zero-order valence-corrected chi connectivity index (χ0v) is 9.12. The lowest BCUT2D eigenvalue weighted by Gasteiger charge is -2.10. The van der Waals surface area contributed by atoms with Gasteiger partial charge in [-0.3, -0.25) is 4.79 Å². The molecule has 1 atom stereocenters. The molecule has 0 fully saturated rings. The van der Waals surface area contributed by atoms with Crippen molar-refractivity contribution in [3.8, 4) is 0 Å². The Kier molecular flexibility index (Phi) is 4.11. The van der Waals surface area contributed by atoms with Crippen LogP contribution in [0.5, 0.6) is 0 Å². The molecule has 0 aliphatic carbocycles. The maximum absolute atomic E-state index is 11.5. The summed E-state index contributed by atoms with van der Waals surface area (Å²) in [6.07, 6.45) is 0. The first-order valence-electron chi connectivity index (χ1n) is 4.43. The van der Waals surface area contributed by atoms with Crippen LogP contribution >= 0.6 is 11.3 Å². The van der Waals surface area contributed by atoms with Crippen molar-refractivity contribution in [1.82, 2.24) is 5.32 Å². The molecule has 0 aromatic carbocycles. The Balaban J connectivity index is 2.41. The van der Waals surface area contributed by atoms with Crippen LogP contribution in [0, 0.1) is 5.92 Å². The number of rotatable bonds is 4. The minimum atomic E-state index is -0.183. The van der Waals surface area contributed by atoms with Crippen molar-refractivity contribution in [2.24, 2.45) is 16.8 Å². The van der Waals surface area contributed by atoms with Gasteiger partial charge in [-0.2, -0.15) is 11.3 Å². The molecule has 1 aromatic heterocycles. The van der Waals surface area contributed by atoms with Crippen molar-refractivity contribution in [2.45, 2.75) is 6.92 Å². The molecule has 5 nitrogen and oxygen atoms in total. The Bertz CT molecular complexity index is 348. The Morgan fingerprint density at radius 1 is 1.80 bits per heavy atom. The first-order valence-corrected chi connectivity index (χ1v) is 5.37. The van der Waals surface area contributed by atoms with Gasteiger partial charge in [0.15, 0.2) is 0 Å². The number of thiophene rings is 1. The van der Waals surface area contributed by atoms with Gasteiger partial charge in [0.25, 0.3) is 5.91 Å². The zero-order valence-electron chi connectivity index (χ0n) is 8.30.